The van der Waals surface area contributed by atoms with E-state index in [9.17, 15) is 0 Å². The summed E-state index contributed by atoms with van der Waals surface area (Å²) >= 11 is 6.38. The summed E-state index contributed by atoms with van der Waals surface area (Å²) in [4.78, 5) is 0. The molecule has 1 fully saturated rings. The van der Waals surface area contributed by atoms with Gasteiger partial charge in [0.25, 0.3) is 0 Å². The summed E-state index contributed by atoms with van der Waals surface area (Å²) < 4.78 is 17.0. The standard InChI is InChI=1S/C16H24ClNO3/c1-3-19-14-9-11(12(17)10-15(14)20-4-2)16(18)13-7-5-6-8-21-13/h9-10,13,16H,3-8,18H2,1-2H3. The third kappa shape index (κ3) is 4.02. The smallest absolute Gasteiger partial charge is 0.162 e. The molecule has 0 aliphatic carbocycles. The van der Waals surface area contributed by atoms with Crippen molar-refractivity contribution >= 4 is 11.6 Å². The summed E-state index contributed by atoms with van der Waals surface area (Å²) in [5, 5.41) is 0.601. The average molecular weight is 314 g/mol. The molecular weight excluding hydrogens is 290 g/mol. The SMILES string of the molecule is CCOc1cc(Cl)c(C(N)C2CCCCO2)cc1OCC. The molecule has 4 nitrogen and oxygen atoms in total. The second-order valence-electron chi connectivity index (χ2n) is 5.12. The Labute approximate surface area is 131 Å². The van der Waals surface area contributed by atoms with Crippen LogP contribution in [-0.4, -0.2) is 25.9 Å². The summed E-state index contributed by atoms with van der Waals surface area (Å²) in [6.45, 7) is 5.77. The van der Waals surface area contributed by atoms with Gasteiger partial charge in [0.05, 0.1) is 25.4 Å². The molecule has 2 atom stereocenters. The van der Waals surface area contributed by atoms with Crippen LogP contribution >= 0.6 is 11.6 Å². The molecular formula is C16H24ClNO3. The molecule has 1 aliphatic rings. The maximum absolute atomic E-state index is 6.38. The van der Waals surface area contributed by atoms with Gasteiger partial charge in [0, 0.05) is 17.7 Å². The number of ether oxygens (including phenoxy) is 3. The maximum Gasteiger partial charge on any atom is 0.162 e. The van der Waals surface area contributed by atoms with E-state index >= 15 is 0 Å². The summed E-state index contributed by atoms with van der Waals surface area (Å²) in [6, 6.07) is 3.43. The maximum atomic E-state index is 6.38. The average Bonchev–Trinajstić information content (AvgIpc) is 2.50. The Morgan fingerprint density at radius 3 is 2.48 bits per heavy atom. The van der Waals surface area contributed by atoms with Crippen LogP contribution in [0.5, 0.6) is 11.5 Å². The molecule has 0 bridgehead atoms. The molecule has 1 aromatic rings. The van der Waals surface area contributed by atoms with Crippen LogP contribution < -0.4 is 15.2 Å². The second-order valence-corrected chi connectivity index (χ2v) is 5.52. The van der Waals surface area contributed by atoms with Gasteiger partial charge in [-0.25, -0.2) is 0 Å². The van der Waals surface area contributed by atoms with Crippen LogP contribution in [0.2, 0.25) is 5.02 Å². The normalized spacial score (nSPS) is 20.1. The highest BCUT2D eigenvalue weighted by Crippen LogP contribution is 2.38. The van der Waals surface area contributed by atoms with E-state index in [1.54, 1.807) is 6.07 Å². The Bertz CT molecular complexity index is 461. The highest BCUT2D eigenvalue weighted by Gasteiger charge is 2.26. The van der Waals surface area contributed by atoms with Gasteiger partial charge in [-0.3, -0.25) is 0 Å². The van der Waals surface area contributed by atoms with Gasteiger partial charge in [-0.1, -0.05) is 11.6 Å². The van der Waals surface area contributed by atoms with Gasteiger partial charge < -0.3 is 19.9 Å². The number of rotatable bonds is 6. The van der Waals surface area contributed by atoms with Gasteiger partial charge in [0.2, 0.25) is 0 Å². The van der Waals surface area contributed by atoms with Crippen molar-refractivity contribution in [1.82, 2.24) is 0 Å². The van der Waals surface area contributed by atoms with Crippen LogP contribution in [0.15, 0.2) is 12.1 Å². The zero-order valence-electron chi connectivity index (χ0n) is 12.7. The molecule has 1 aromatic carbocycles. The number of nitrogens with two attached hydrogens (primary N) is 1. The lowest BCUT2D eigenvalue weighted by Crippen LogP contribution is -2.32. The zero-order chi connectivity index (χ0) is 15.2. The Kier molecular flexibility index (Phi) is 6.15. The van der Waals surface area contributed by atoms with E-state index in [1.807, 2.05) is 19.9 Å². The molecule has 118 valence electrons. The molecule has 0 aromatic heterocycles. The summed E-state index contributed by atoms with van der Waals surface area (Å²) in [5.74, 6) is 1.34. The highest BCUT2D eigenvalue weighted by molar-refractivity contribution is 6.31. The molecule has 1 saturated heterocycles. The van der Waals surface area contributed by atoms with Gasteiger partial charge in [0.15, 0.2) is 11.5 Å². The molecule has 1 heterocycles. The number of hydrogen-bond acceptors (Lipinski definition) is 4. The molecule has 0 saturated carbocycles. The fraction of sp³-hybridized carbons (Fsp3) is 0.625. The molecule has 1 aliphatic heterocycles. The van der Waals surface area contributed by atoms with Gasteiger partial charge in [-0.2, -0.15) is 0 Å². The molecule has 2 unspecified atom stereocenters. The quantitative estimate of drug-likeness (QED) is 0.870. The number of halogens is 1. The summed E-state index contributed by atoms with van der Waals surface area (Å²) in [6.07, 6.45) is 3.23. The van der Waals surface area contributed by atoms with E-state index in [1.165, 1.54) is 0 Å². The van der Waals surface area contributed by atoms with Crippen molar-refractivity contribution in [1.29, 1.82) is 0 Å². The van der Waals surface area contributed by atoms with Crippen LogP contribution in [0.25, 0.3) is 0 Å². The van der Waals surface area contributed by atoms with Crippen LogP contribution in [0, 0.1) is 0 Å². The van der Waals surface area contributed by atoms with Crippen molar-refractivity contribution in [3.05, 3.63) is 22.7 Å². The van der Waals surface area contributed by atoms with Gasteiger partial charge >= 0.3 is 0 Å². The highest BCUT2D eigenvalue weighted by atomic mass is 35.5. The van der Waals surface area contributed by atoms with Crippen molar-refractivity contribution in [3.8, 4) is 11.5 Å². The predicted octanol–water partition coefficient (Wildman–Crippen LogP) is 3.71. The Morgan fingerprint density at radius 1 is 1.24 bits per heavy atom. The van der Waals surface area contributed by atoms with Crippen molar-refractivity contribution in [3.63, 3.8) is 0 Å². The van der Waals surface area contributed by atoms with Crippen LogP contribution in [-0.2, 0) is 4.74 Å². The van der Waals surface area contributed by atoms with Gasteiger partial charge in [-0.05, 0) is 44.7 Å². The van der Waals surface area contributed by atoms with Crippen molar-refractivity contribution in [2.75, 3.05) is 19.8 Å². The molecule has 21 heavy (non-hydrogen) atoms. The fourth-order valence-corrected chi connectivity index (χ4v) is 2.87. The molecule has 0 amide bonds. The lowest BCUT2D eigenvalue weighted by molar-refractivity contribution is -0.0000162. The van der Waals surface area contributed by atoms with E-state index in [2.05, 4.69) is 0 Å². The third-order valence-electron chi connectivity index (χ3n) is 3.64. The van der Waals surface area contributed by atoms with E-state index in [-0.39, 0.29) is 12.1 Å². The Morgan fingerprint density at radius 2 is 1.90 bits per heavy atom. The minimum Gasteiger partial charge on any atom is -0.490 e. The monoisotopic (exact) mass is 313 g/mol. The first kappa shape index (κ1) is 16.4. The van der Waals surface area contributed by atoms with E-state index in [4.69, 9.17) is 31.5 Å². The lowest BCUT2D eigenvalue weighted by atomic mass is 9.96. The first-order valence-corrected chi connectivity index (χ1v) is 8.01. The molecule has 2 N–H and O–H groups in total. The molecule has 2 rings (SSSR count). The van der Waals surface area contributed by atoms with Crippen LogP contribution in [0.3, 0.4) is 0 Å². The number of benzene rings is 1. The van der Waals surface area contributed by atoms with E-state index in [0.717, 1.165) is 31.4 Å². The van der Waals surface area contributed by atoms with Crippen LogP contribution in [0.4, 0.5) is 0 Å². The lowest BCUT2D eigenvalue weighted by Gasteiger charge is -2.29. The van der Waals surface area contributed by atoms with Crippen LogP contribution in [0.1, 0.15) is 44.7 Å². The topological polar surface area (TPSA) is 53.7 Å². The third-order valence-corrected chi connectivity index (χ3v) is 3.96. The first-order chi connectivity index (χ1) is 10.2. The first-order valence-electron chi connectivity index (χ1n) is 7.63. The van der Waals surface area contributed by atoms with Crippen molar-refractivity contribution in [2.45, 2.75) is 45.3 Å². The minimum absolute atomic E-state index is 0.0173. The molecule has 5 heteroatoms. The Hall–Kier alpha value is -0.970. The van der Waals surface area contributed by atoms with Crippen molar-refractivity contribution in [2.24, 2.45) is 5.73 Å². The van der Waals surface area contributed by atoms with E-state index in [0.29, 0.717) is 29.7 Å². The van der Waals surface area contributed by atoms with Crippen molar-refractivity contribution < 1.29 is 14.2 Å². The number of hydrogen-bond donors (Lipinski definition) is 1. The predicted molar refractivity (Wildman–Crippen MR) is 84.3 cm³/mol. The second kappa shape index (κ2) is 7.87. The Balaban J connectivity index is 2.27. The van der Waals surface area contributed by atoms with Gasteiger partial charge in [0.1, 0.15) is 0 Å². The molecule has 0 radical (unpaired) electrons. The summed E-state index contributed by atoms with van der Waals surface area (Å²) in [7, 11) is 0. The minimum atomic E-state index is -0.243. The van der Waals surface area contributed by atoms with Gasteiger partial charge in [-0.15, -0.1) is 0 Å². The van der Waals surface area contributed by atoms with E-state index < -0.39 is 0 Å². The molecule has 0 spiro atoms. The summed E-state index contributed by atoms with van der Waals surface area (Å²) in [5.41, 5.74) is 7.21. The largest absolute Gasteiger partial charge is 0.490 e. The fourth-order valence-electron chi connectivity index (χ4n) is 2.59. The zero-order valence-corrected chi connectivity index (χ0v) is 13.5.